The van der Waals surface area contributed by atoms with Gasteiger partial charge in [0.1, 0.15) is 0 Å². The molecule has 0 bridgehead atoms. The lowest BCUT2D eigenvalue weighted by molar-refractivity contribution is -0.119. The first kappa shape index (κ1) is 16.2. The van der Waals surface area contributed by atoms with E-state index >= 15 is 0 Å². The number of nitrogens with one attached hydrogen (secondary N) is 2. The van der Waals surface area contributed by atoms with Crippen LogP contribution in [0.4, 0.5) is 5.13 Å². The van der Waals surface area contributed by atoms with E-state index in [2.05, 4.69) is 20.8 Å². The lowest BCUT2D eigenvalue weighted by Gasteiger charge is -2.19. The van der Waals surface area contributed by atoms with Crippen LogP contribution in [0, 0.1) is 0 Å². The van der Waals surface area contributed by atoms with Crippen molar-refractivity contribution in [3.8, 4) is 0 Å². The first-order chi connectivity index (χ1) is 8.90. The molecule has 0 unspecified atom stereocenters. The molecule has 0 fully saturated rings. The Bertz CT molecular complexity index is 404. The Morgan fingerprint density at radius 2 is 2.16 bits per heavy atom. The van der Waals surface area contributed by atoms with Crippen LogP contribution in [0.2, 0.25) is 0 Å². The molecule has 0 radical (unpaired) electrons. The summed E-state index contributed by atoms with van der Waals surface area (Å²) in [5.74, 6) is 0.353. The highest BCUT2D eigenvalue weighted by molar-refractivity contribution is 8.01. The molecule has 6 nitrogen and oxygen atoms in total. The van der Waals surface area contributed by atoms with Crippen molar-refractivity contribution in [1.29, 1.82) is 0 Å². The summed E-state index contributed by atoms with van der Waals surface area (Å²) in [6.07, 6.45) is 0. The fourth-order valence-electron chi connectivity index (χ4n) is 1.18. The van der Waals surface area contributed by atoms with Crippen molar-refractivity contribution in [3.63, 3.8) is 0 Å². The molecule has 1 rings (SSSR count). The standard InChI is InChI=1S/C11H20N4O2S2/c1-11(2,3)13-8(16)7-18-10-15-14-9(19-10)12-5-6-17-4/h5-7H2,1-4H3,(H,12,14)(H,13,16). The lowest BCUT2D eigenvalue weighted by Crippen LogP contribution is -2.41. The number of amides is 1. The number of hydrogen-bond donors (Lipinski definition) is 2. The van der Waals surface area contributed by atoms with Gasteiger partial charge in [-0.3, -0.25) is 4.79 Å². The van der Waals surface area contributed by atoms with Gasteiger partial charge in [-0.1, -0.05) is 23.1 Å². The predicted molar refractivity (Wildman–Crippen MR) is 78.9 cm³/mol. The van der Waals surface area contributed by atoms with Gasteiger partial charge in [-0.05, 0) is 20.8 Å². The second kappa shape index (κ2) is 7.66. The third-order valence-corrected chi connectivity index (χ3v) is 3.84. The van der Waals surface area contributed by atoms with Gasteiger partial charge in [0.05, 0.1) is 12.4 Å². The van der Waals surface area contributed by atoms with Crippen LogP contribution in [0.3, 0.4) is 0 Å². The number of carbonyl (C=O) groups excluding carboxylic acids is 1. The van der Waals surface area contributed by atoms with Crippen LogP contribution in [0.25, 0.3) is 0 Å². The minimum absolute atomic E-state index is 0.00147. The van der Waals surface area contributed by atoms with Gasteiger partial charge in [-0.2, -0.15) is 0 Å². The molecule has 0 saturated heterocycles. The Kier molecular flexibility index (Phi) is 6.53. The Hall–Kier alpha value is -0.860. The Labute approximate surface area is 121 Å². The van der Waals surface area contributed by atoms with Crippen LogP contribution in [0.15, 0.2) is 4.34 Å². The van der Waals surface area contributed by atoms with E-state index < -0.39 is 0 Å². The monoisotopic (exact) mass is 304 g/mol. The molecule has 0 spiro atoms. The highest BCUT2D eigenvalue weighted by atomic mass is 32.2. The number of carbonyl (C=O) groups is 1. The summed E-state index contributed by atoms with van der Waals surface area (Å²) in [5.41, 5.74) is -0.203. The smallest absolute Gasteiger partial charge is 0.230 e. The van der Waals surface area contributed by atoms with Crippen LogP contribution in [0.1, 0.15) is 20.8 Å². The third-order valence-electron chi connectivity index (χ3n) is 1.83. The third kappa shape index (κ3) is 7.34. The second-order valence-electron chi connectivity index (χ2n) is 4.88. The zero-order valence-corrected chi connectivity index (χ0v) is 13.3. The molecule has 0 aliphatic rings. The first-order valence-corrected chi connectivity index (χ1v) is 7.71. The maximum atomic E-state index is 11.6. The first-order valence-electron chi connectivity index (χ1n) is 5.91. The number of nitrogens with zero attached hydrogens (tertiary/aromatic N) is 2. The van der Waals surface area contributed by atoms with Gasteiger partial charge in [0.25, 0.3) is 0 Å². The normalized spacial score (nSPS) is 11.4. The average Bonchev–Trinajstić information content (AvgIpc) is 2.72. The Balaban J connectivity index is 2.31. The van der Waals surface area contributed by atoms with Crippen molar-refractivity contribution in [1.82, 2.24) is 15.5 Å². The second-order valence-corrected chi connectivity index (χ2v) is 7.08. The molecule has 0 atom stereocenters. The van der Waals surface area contributed by atoms with Gasteiger partial charge in [0.15, 0.2) is 4.34 Å². The SMILES string of the molecule is COCCNc1nnc(SCC(=O)NC(C)(C)C)s1. The van der Waals surface area contributed by atoms with Gasteiger partial charge in [0.2, 0.25) is 11.0 Å². The molecule has 108 valence electrons. The number of ether oxygens (including phenoxy) is 1. The summed E-state index contributed by atoms with van der Waals surface area (Å²) in [7, 11) is 1.65. The maximum Gasteiger partial charge on any atom is 0.230 e. The lowest BCUT2D eigenvalue weighted by atomic mass is 10.1. The van der Waals surface area contributed by atoms with Gasteiger partial charge < -0.3 is 15.4 Å². The molecular formula is C11H20N4O2S2. The van der Waals surface area contributed by atoms with E-state index in [9.17, 15) is 4.79 Å². The Morgan fingerprint density at radius 1 is 1.42 bits per heavy atom. The summed E-state index contributed by atoms with van der Waals surface area (Å²) in [6, 6.07) is 0. The fraction of sp³-hybridized carbons (Fsp3) is 0.727. The van der Waals surface area contributed by atoms with Crippen LogP contribution in [0.5, 0.6) is 0 Å². The molecule has 1 aromatic heterocycles. The minimum Gasteiger partial charge on any atom is -0.383 e. The molecule has 1 heterocycles. The van der Waals surface area contributed by atoms with Gasteiger partial charge in [-0.25, -0.2) is 0 Å². The van der Waals surface area contributed by atoms with Crippen molar-refractivity contribution < 1.29 is 9.53 Å². The van der Waals surface area contributed by atoms with E-state index in [1.54, 1.807) is 7.11 Å². The van der Waals surface area contributed by atoms with Gasteiger partial charge in [0, 0.05) is 19.2 Å². The van der Waals surface area contributed by atoms with Crippen molar-refractivity contribution in [3.05, 3.63) is 0 Å². The van der Waals surface area contributed by atoms with E-state index in [1.807, 2.05) is 20.8 Å². The van der Waals surface area contributed by atoms with E-state index in [4.69, 9.17) is 4.74 Å². The number of anilines is 1. The van der Waals surface area contributed by atoms with Crippen molar-refractivity contribution in [2.75, 3.05) is 31.3 Å². The maximum absolute atomic E-state index is 11.6. The molecular weight excluding hydrogens is 284 g/mol. The van der Waals surface area contributed by atoms with E-state index in [1.165, 1.54) is 23.1 Å². The molecule has 0 aromatic carbocycles. The quantitative estimate of drug-likeness (QED) is 0.589. The topological polar surface area (TPSA) is 76.1 Å². The van der Waals surface area contributed by atoms with Gasteiger partial charge >= 0.3 is 0 Å². The van der Waals surface area contributed by atoms with E-state index in [0.29, 0.717) is 18.9 Å². The summed E-state index contributed by atoms with van der Waals surface area (Å²) in [5, 5.41) is 14.7. The molecule has 8 heteroatoms. The zero-order valence-electron chi connectivity index (χ0n) is 11.6. The molecule has 2 N–H and O–H groups in total. The van der Waals surface area contributed by atoms with Crippen molar-refractivity contribution in [2.24, 2.45) is 0 Å². The van der Waals surface area contributed by atoms with E-state index in [-0.39, 0.29) is 11.4 Å². The van der Waals surface area contributed by atoms with Crippen LogP contribution in [-0.2, 0) is 9.53 Å². The van der Waals surface area contributed by atoms with E-state index in [0.717, 1.165) is 9.47 Å². The molecule has 0 aliphatic carbocycles. The molecule has 19 heavy (non-hydrogen) atoms. The van der Waals surface area contributed by atoms with Gasteiger partial charge in [-0.15, -0.1) is 10.2 Å². The highest BCUT2D eigenvalue weighted by Crippen LogP contribution is 2.25. The zero-order chi connectivity index (χ0) is 14.3. The van der Waals surface area contributed by atoms with Crippen molar-refractivity contribution in [2.45, 2.75) is 30.6 Å². The van der Waals surface area contributed by atoms with Crippen molar-refractivity contribution >= 4 is 34.1 Å². The Morgan fingerprint density at radius 3 is 2.79 bits per heavy atom. The molecule has 0 saturated carbocycles. The average molecular weight is 304 g/mol. The summed E-state index contributed by atoms with van der Waals surface area (Å²) in [4.78, 5) is 11.6. The molecule has 0 aliphatic heterocycles. The largest absolute Gasteiger partial charge is 0.383 e. The number of rotatable bonds is 7. The fourth-order valence-corrected chi connectivity index (χ4v) is 2.76. The minimum atomic E-state index is -0.203. The van der Waals surface area contributed by atoms with Crippen LogP contribution >= 0.6 is 23.1 Å². The number of methoxy groups -OCH3 is 1. The number of thioether (sulfide) groups is 1. The van der Waals surface area contributed by atoms with Crippen LogP contribution in [-0.4, -0.2) is 47.7 Å². The summed E-state index contributed by atoms with van der Waals surface area (Å²) in [6.45, 7) is 7.19. The number of aromatic nitrogens is 2. The summed E-state index contributed by atoms with van der Waals surface area (Å²) >= 11 is 2.83. The van der Waals surface area contributed by atoms with Crippen LogP contribution < -0.4 is 10.6 Å². The predicted octanol–water partition coefficient (Wildman–Crippen LogP) is 1.60. The highest BCUT2D eigenvalue weighted by Gasteiger charge is 2.14. The molecule has 1 aromatic rings. The summed E-state index contributed by atoms with van der Waals surface area (Å²) < 4.78 is 5.71. The number of hydrogen-bond acceptors (Lipinski definition) is 7. The molecule has 1 amide bonds.